The Morgan fingerprint density at radius 3 is 2.39 bits per heavy atom. The number of piperazine rings is 1. The summed E-state index contributed by atoms with van der Waals surface area (Å²) in [6.07, 6.45) is 4.39. The molecule has 1 aromatic heterocycles. The highest BCUT2D eigenvalue weighted by Crippen LogP contribution is 2.31. The summed E-state index contributed by atoms with van der Waals surface area (Å²) in [4.78, 5) is 33.9. The molecule has 2 fully saturated rings. The molecule has 28 heavy (non-hydrogen) atoms. The number of carbonyl (C=O) groups is 2. The Morgan fingerprint density at radius 1 is 1.07 bits per heavy atom. The Labute approximate surface area is 164 Å². The predicted octanol–water partition coefficient (Wildman–Crippen LogP) is 0.0204. The zero-order chi connectivity index (χ0) is 19.6. The molecule has 7 heteroatoms. The van der Waals surface area contributed by atoms with Gasteiger partial charge in [0, 0.05) is 17.8 Å². The van der Waals surface area contributed by atoms with Crippen molar-refractivity contribution in [3.8, 4) is 0 Å². The number of quaternary nitrogens is 1. The van der Waals surface area contributed by atoms with Gasteiger partial charge in [-0.15, -0.1) is 0 Å². The number of pyridine rings is 1. The first-order valence-corrected chi connectivity index (χ1v) is 9.88. The Bertz CT molecular complexity index is 836. The lowest BCUT2D eigenvalue weighted by Crippen LogP contribution is -3.16. The van der Waals surface area contributed by atoms with Gasteiger partial charge in [0.25, 0.3) is 5.91 Å². The molecule has 2 aliphatic heterocycles. The van der Waals surface area contributed by atoms with Crippen molar-refractivity contribution in [2.45, 2.75) is 18.9 Å². The van der Waals surface area contributed by atoms with Crippen LogP contribution in [-0.2, 0) is 10.3 Å². The molecule has 0 bridgehead atoms. The predicted molar refractivity (Wildman–Crippen MR) is 105 cm³/mol. The average molecular weight is 381 g/mol. The Kier molecular flexibility index (Phi) is 5.00. The molecule has 3 N–H and O–H groups in total. The van der Waals surface area contributed by atoms with Crippen LogP contribution in [0.3, 0.4) is 0 Å². The molecular weight excluding hydrogens is 354 g/mol. The molecule has 0 saturated carbocycles. The normalized spacial score (nSPS) is 23.2. The number of nitrogens with zero attached hydrogens (tertiary/aromatic N) is 2. The Morgan fingerprint density at radius 2 is 1.75 bits per heavy atom. The first-order chi connectivity index (χ1) is 13.6. The van der Waals surface area contributed by atoms with Gasteiger partial charge in [0.15, 0.2) is 19.1 Å². The van der Waals surface area contributed by atoms with Crippen molar-refractivity contribution in [1.82, 2.24) is 10.2 Å². The van der Waals surface area contributed by atoms with Crippen LogP contribution in [-0.4, -0.2) is 49.7 Å². The van der Waals surface area contributed by atoms with Crippen molar-refractivity contribution in [2.75, 3.05) is 37.7 Å². The van der Waals surface area contributed by atoms with E-state index in [4.69, 9.17) is 0 Å². The van der Waals surface area contributed by atoms with Gasteiger partial charge in [-0.2, -0.15) is 0 Å². The van der Waals surface area contributed by atoms with Crippen LogP contribution in [0.4, 0.5) is 10.5 Å². The van der Waals surface area contributed by atoms with E-state index in [9.17, 15) is 9.59 Å². The molecule has 4 rings (SSSR count). The standard InChI is InChI=1S/C21H25N5O2/c1-2-21(17-6-4-3-5-7-17)19(27)26(20(28)23-21)16-24-12-14-25(15-13-24)18-8-10-22-11-9-18/h3-11H,2,12-16H2,1H3,(H,23,28)/p+2/t21-/m0/s1. The number of hydrogen-bond donors (Lipinski definition) is 2. The third-order valence-electron chi connectivity index (χ3n) is 5.89. The number of nitrogens with one attached hydrogen (secondary N) is 3. The number of urea groups is 1. The van der Waals surface area contributed by atoms with E-state index in [2.05, 4.69) is 27.3 Å². The van der Waals surface area contributed by atoms with E-state index in [1.165, 1.54) is 15.5 Å². The van der Waals surface area contributed by atoms with Gasteiger partial charge in [0.2, 0.25) is 0 Å². The number of anilines is 1. The van der Waals surface area contributed by atoms with Crippen molar-refractivity contribution in [3.05, 3.63) is 60.4 Å². The Balaban J connectivity index is 1.43. The van der Waals surface area contributed by atoms with Gasteiger partial charge in [-0.3, -0.25) is 4.79 Å². The Hall–Kier alpha value is -2.93. The SMILES string of the molecule is CC[C@@]1(c2ccccc2)NC(=O)N(C[NH+]2CCN(c3cc[nH+]cc3)CC2)C1=O. The fourth-order valence-corrected chi connectivity index (χ4v) is 4.18. The highest BCUT2D eigenvalue weighted by atomic mass is 16.2. The first kappa shape index (κ1) is 18.4. The number of imide groups is 1. The summed E-state index contributed by atoms with van der Waals surface area (Å²) in [5.74, 6) is -0.139. The maximum Gasteiger partial charge on any atom is 0.329 e. The maximum atomic E-state index is 13.2. The topological polar surface area (TPSA) is 71.2 Å². The number of benzene rings is 1. The van der Waals surface area contributed by atoms with Crippen LogP contribution in [0.25, 0.3) is 0 Å². The molecule has 0 unspecified atom stereocenters. The molecule has 0 radical (unpaired) electrons. The molecule has 3 heterocycles. The summed E-state index contributed by atoms with van der Waals surface area (Å²) in [7, 11) is 0. The van der Waals surface area contributed by atoms with Crippen LogP contribution in [0.1, 0.15) is 18.9 Å². The van der Waals surface area contributed by atoms with Crippen LogP contribution >= 0.6 is 0 Å². The third kappa shape index (κ3) is 3.22. The smallest absolute Gasteiger partial charge is 0.329 e. The second-order valence-corrected chi connectivity index (χ2v) is 7.44. The van der Waals surface area contributed by atoms with Crippen molar-refractivity contribution < 1.29 is 19.5 Å². The lowest BCUT2D eigenvalue weighted by molar-refractivity contribution is -0.907. The van der Waals surface area contributed by atoms with Gasteiger partial charge >= 0.3 is 6.03 Å². The van der Waals surface area contributed by atoms with E-state index in [0.717, 1.165) is 31.7 Å². The second kappa shape index (κ2) is 7.59. The van der Waals surface area contributed by atoms with Crippen LogP contribution in [0.2, 0.25) is 0 Å². The maximum absolute atomic E-state index is 13.2. The largest absolute Gasteiger partial charge is 0.360 e. The van der Waals surface area contributed by atoms with Crippen molar-refractivity contribution in [3.63, 3.8) is 0 Å². The number of carbonyl (C=O) groups excluding carboxylic acids is 2. The van der Waals surface area contributed by atoms with Crippen LogP contribution in [0, 0.1) is 0 Å². The molecule has 1 aromatic carbocycles. The van der Waals surface area contributed by atoms with Gasteiger partial charge in [0.1, 0.15) is 5.54 Å². The molecule has 7 nitrogen and oxygen atoms in total. The number of H-pyrrole nitrogens is 1. The first-order valence-electron chi connectivity index (χ1n) is 9.88. The van der Waals surface area contributed by atoms with Gasteiger partial charge in [0.05, 0.1) is 26.2 Å². The summed E-state index contributed by atoms with van der Waals surface area (Å²) in [6, 6.07) is 13.4. The molecule has 2 aromatic rings. The van der Waals surface area contributed by atoms with Gasteiger partial charge in [-0.05, 0) is 12.0 Å². The molecule has 0 spiro atoms. The van der Waals surface area contributed by atoms with Crippen LogP contribution in [0.15, 0.2) is 54.9 Å². The molecule has 2 saturated heterocycles. The minimum Gasteiger partial charge on any atom is -0.360 e. The quantitative estimate of drug-likeness (QED) is 0.718. The minimum atomic E-state index is -0.944. The summed E-state index contributed by atoms with van der Waals surface area (Å²) < 4.78 is 0. The van der Waals surface area contributed by atoms with Crippen molar-refractivity contribution >= 4 is 17.6 Å². The molecule has 3 amide bonds. The number of amides is 3. The molecule has 1 atom stereocenters. The summed E-state index contributed by atoms with van der Waals surface area (Å²) in [6.45, 7) is 5.94. The third-order valence-corrected chi connectivity index (χ3v) is 5.89. The van der Waals surface area contributed by atoms with E-state index in [1.807, 2.05) is 49.6 Å². The fourth-order valence-electron chi connectivity index (χ4n) is 4.18. The number of aromatic amines is 1. The minimum absolute atomic E-state index is 0.139. The van der Waals surface area contributed by atoms with Crippen LogP contribution in [0.5, 0.6) is 0 Å². The second-order valence-electron chi connectivity index (χ2n) is 7.44. The van der Waals surface area contributed by atoms with Crippen LogP contribution < -0.4 is 20.1 Å². The molecular formula is C21H27N5O2+2. The number of aromatic nitrogens is 1. The van der Waals surface area contributed by atoms with Gasteiger partial charge < -0.3 is 15.1 Å². The van der Waals surface area contributed by atoms with E-state index >= 15 is 0 Å². The van der Waals surface area contributed by atoms with Crippen molar-refractivity contribution in [1.29, 1.82) is 0 Å². The summed E-state index contributed by atoms with van der Waals surface area (Å²) in [5.41, 5.74) is 1.10. The molecule has 0 aliphatic carbocycles. The van der Waals surface area contributed by atoms with E-state index in [-0.39, 0.29) is 11.9 Å². The molecule has 146 valence electrons. The fraction of sp³-hybridized carbons (Fsp3) is 0.381. The lowest BCUT2D eigenvalue weighted by Gasteiger charge is -2.34. The zero-order valence-corrected chi connectivity index (χ0v) is 16.1. The van der Waals surface area contributed by atoms with Gasteiger partial charge in [-0.25, -0.2) is 14.7 Å². The number of rotatable bonds is 5. The highest BCUT2D eigenvalue weighted by Gasteiger charge is 2.52. The van der Waals surface area contributed by atoms with E-state index in [1.54, 1.807) is 0 Å². The average Bonchev–Trinajstić information content (AvgIpc) is 3.00. The molecule has 2 aliphatic rings. The lowest BCUT2D eigenvalue weighted by atomic mass is 9.87. The van der Waals surface area contributed by atoms with E-state index in [0.29, 0.717) is 13.1 Å². The summed E-state index contributed by atoms with van der Waals surface area (Å²) in [5, 5.41) is 2.97. The van der Waals surface area contributed by atoms with Crippen molar-refractivity contribution in [2.24, 2.45) is 0 Å². The zero-order valence-electron chi connectivity index (χ0n) is 16.1. The van der Waals surface area contributed by atoms with E-state index < -0.39 is 5.54 Å². The highest BCUT2D eigenvalue weighted by molar-refractivity contribution is 6.07. The van der Waals surface area contributed by atoms with Gasteiger partial charge in [-0.1, -0.05) is 37.3 Å². The number of hydrogen-bond acceptors (Lipinski definition) is 3. The summed E-state index contributed by atoms with van der Waals surface area (Å²) >= 11 is 0. The monoisotopic (exact) mass is 381 g/mol.